The van der Waals surface area contributed by atoms with E-state index in [9.17, 15) is 5.26 Å². The fourth-order valence-corrected chi connectivity index (χ4v) is 2.54. The molecule has 1 nitrogen and oxygen atoms in total. The smallest absolute Gasteiger partial charge is 0.0823 e. The lowest BCUT2D eigenvalue weighted by molar-refractivity contribution is 0.573. The molecule has 1 saturated carbocycles. The van der Waals surface area contributed by atoms with Gasteiger partial charge in [-0.1, -0.05) is 42.1 Å². The normalized spacial score (nSPS) is 18.7. The third kappa shape index (κ3) is 1.85. The molecule has 1 aromatic rings. The van der Waals surface area contributed by atoms with Crippen LogP contribution in [0.4, 0.5) is 0 Å². The average molecular weight is 240 g/mol. The van der Waals surface area contributed by atoms with E-state index < -0.39 is 0 Å². The molecule has 0 heterocycles. The average Bonchev–Trinajstić information content (AvgIpc) is 2.72. The zero-order chi connectivity index (χ0) is 10.9. The van der Waals surface area contributed by atoms with Crippen molar-refractivity contribution in [1.29, 1.82) is 5.26 Å². The highest BCUT2D eigenvalue weighted by Gasteiger charge is 2.35. The molecule has 15 heavy (non-hydrogen) atoms. The van der Waals surface area contributed by atoms with Gasteiger partial charge in [-0.25, -0.2) is 0 Å². The van der Waals surface area contributed by atoms with E-state index in [1.165, 1.54) is 0 Å². The number of nitriles is 1. The first kappa shape index (κ1) is 10.8. The molecule has 0 N–H and O–H groups in total. The summed E-state index contributed by atoms with van der Waals surface area (Å²) in [6.45, 7) is 0. The molecule has 0 spiro atoms. The van der Waals surface area contributed by atoms with Crippen molar-refractivity contribution in [3.05, 3.63) is 33.8 Å². The fourth-order valence-electron chi connectivity index (χ4n) is 2.24. The molecule has 1 aliphatic carbocycles. The maximum Gasteiger partial charge on any atom is 0.0823 e. The van der Waals surface area contributed by atoms with E-state index in [2.05, 4.69) is 6.07 Å². The van der Waals surface area contributed by atoms with Gasteiger partial charge in [0.1, 0.15) is 0 Å². The van der Waals surface area contributed by atoms with Crippen molar-refractivity contribution in [2.24, 2.45) is 0 Å². The van der Waals surface area contributed by atoms with Crippen molar-refractivity contribution in [3.63, 3.8) is 0 Å². The van der Waals surface area contributed by atoms with Gasteiger partial charge >= 0.3 is 0 Å². The van der Waals surface area contributed by atoms with E-state index in [0.29, 0.717) is 10.0 Å². The van der Waals surface area contributed by atoms with Gasteiger partial charge in [-0.15, -0.1) is 0 Å². The van der Waals surface area contributed by atoms with E-state index in [0.717, 1.165) is 31.2 Å². The SMILES string of the molecule is N#CC1(c2ccc(Cl)c(Cl)c2)CCCC1. The van der Waals surface area contributed by atoms with Crippen LogP contribution in [0.25, 0.3) is 0 Å². The molecular formula is C12H11Cl2N. The maximum atomic E-state index is 9.30. The van der Waals surface area contributed by atoms with Crippen LogP contribution in [0.2, 0.25) is 10.0 Å². The molecule has 2 rings (SSSR count). The predicted molar refractivity (Wildman–Crippen MR) is 62.2 cm³/mol. The highest BCUT2D eigenvalue weighted by molar-refractivity contribution is 6.42. The van der Waals surface area contributed by atoms with Crippen LogP contribution >= 0.6 is 23.2 Å². The van der Waals surface area contributed by atoms with Gasteiger partial charge in [0, 0.05) is 0 Å². The largest absolute Gasteiger partial charge is 0.197 e. The lowest BCUT2D eigenvalue weighted by Gasteiger charge is -2.20. The number of hydrogen-bond donors (Lipinski definition) is 0. The van der Waals surface area contributed by atoms with Gasteiger partial charge in [-0.3, -0.25) is 0 Å². The topological polar surface area (TPSA) is 23.8 Å². The Kier molecular flexibility index (Phi) is 2.91. The summed E-state index contributed by atoms with van der Waals surface area (Å²) in [6.07, 6.45) is 4.10. The number of halogens is 2. The highest BCUT2D eigenvalue weighted by atomic mass is 35.5. The van der Waals surface area contributed by atoms with Crippen molar-refractivity contribution >= 4 is 23.2 Å². The second-order valence-corrected chi connectivity index (χ2v) is 4.84. The van der Waals surface area contributed by atoms with E-state index in [1.807, 2.05) is 12.1 Å². The first-order valence-electron chi connectivity index (χ1n) is 5.05. The van der Waals surface area contributed by atoms with E-state index in [-0.39, 0.29) is 5.41 Å². The zero-order valence-electron chi connectivity index (χ0n) is 8.26. The van der Waals surface area contributed by atoms with Crippen molar-refractivity contribution in [2.45, 2.75) is 31.1 Å². The third-order valence-corrected chi connectivity index (χ3v) is 3.88. The van der Waals surface area contributed by atoms with Crippen LogP contribution in [0.5, 0.6) is 0 Å². The number of hydrogen-bond acceptors (Lipinski definition) is 1. The summed E-state index contributed by atoms with van der Waals surface area (Å²) in [4.78, 5) is 0. The van der Waals surface area contributed by atoms with Crippen molar-refractivity contribution in [2.75, 3.05) is 0 Å². The minimum absolute atomic E-state index is 0.325. The Morgan fingerprint density at radius 1 is 1.13 bits per heavy atom. The van der Waals surface area contributed by atoms with Gasteiger partial charge in [0.05, 0.1) is 21.5 Å². The molecule has 0 bridgehead atoms. The molecule has 0 amide bonds. The van der Waals surface area contributed by atoms with Crippen molar-refractivity contribution < 1.29 is 0 Å². The first-order chi connectivity index (χ1) is 7.18. The molecule has 78 valence electrons. The number of nitrogens with zero attached hydrogens (tertiary/aromatic N) is 1. The van der Waals surface area contributed by atoms with Crippen LogP contribution < -0.4 is 0 Å². The summed E-state index contributed by atoms with van der Waals surface area (Å²) >= 11 is 11.8. The standard InChI is InChI=1S/C12H11Cl2N/c13-10-4-3-9(7-11(10)14)12(8-15)5-1-2-6-12/h3-4,7H,1-2,5-6H2. The van der Waals surface area contributed by atoms with Gasteiger partial charge in [-0.05, 0) is 30.5 Å². The number of benzene rings is 1. The van der Waals surface area contributed by atoms with Crippen LogP contribution in [0.3, 0.4) is 0 Å². The van der Waals surface area contributed by atoms with Gasteiger partial charge in [0.15, 0.2) is 0 Å². The summed E-state index contributed by atoms with van der Waals surface area (Å²) in [7, 11) is 0. The molecule has 0 atom stereocenters. The number of rotatable bonds is 1. The molecule has 0 unspecified atom stereocenters. The first-order valence-corrected chi connectivity index (χ1v) is 5.80. The predicted octanol–water partition coefficient (Wildman–Crippen LogP) is 4.33. The van der Waals surface area contributed by atoms with Crippen LogP contribution in [0.1, 0.15) is 31.2 Å². The molecule has 1 fully saturated rings. The lowest BCUT2D eigenvalue weighted by Crippen LogP contribution is -2.19. The Labute approximate surface area is 99.6 Å². The van der Waals surface area contributed by atoms with E-state index >= 15 is 0 Å². The molecule has 1 aliphatic rings. The Balaban J connectivity index is 2.44. The summed E-state index contributed by atoms with van der Waals surface area (Å²) in [6, 6.07) is 7.96. The quantitative estimate of drug-likeness (QED) is 0.716. The minimum atomic E-state index is -0.325. The summed E-state index contributed by atoms with van der Waals surface area (Å²) < 4.78 is 0. The second-order valence-electron chi connectivity index (χ2n) is 4.03. The molecule has 0 radical (unpaired) electrons. The Hall–Kier alpha value is -0.710. The van der Waals surface area contributed by atoms with Crippen LogP contribution in [-0.2, 0) is 5.41 Å². The Morgan fingerprint density at radius 3 is 2.33 bits per heavy atom. The maximum absolute atomic E-state index is 9.30. The highest BCUT2D eigenvalue weighted by Crippen LogP contribution is 2.41. The second kappa shape index (κ2) is 4.04. The Morgan fingerprint density at radius 2 is 1.80 bits per heavy atom. The van der Waals surface area contributed by atoms with Crippen molar-refractivity contribution in [1.82, 2.24) is 0 Å². The van der Waals surface area contributed by atoms with Gasteiger partial charge in [0.25, 0.3) is 0 Å². The molecule has 0 aromatic heterocycles. The third-order valence-electron chi connectivity index (χ3n) is 3.14. The fraction of sp³-hybridized carbons (Fsp3) is 0.417. The summed E-state index contributed by atoms with van der Waals surface area (Å²) in [5.74, 6) is 0. The van der Waals surface area contributed by atoms with Crippen molar-refractivity contribution in [3.8, 4) is 6.07 Å². The molecule has 3 heteroatoms. The monoisotopic (exact) mass is 239 g/mol. The molecule has 0 saturated heterocycles. The summed E-state index contributed by atoms with van der Waals surface area (Å²) in [5.41, 5.74) is 0.686. The van der Waals surface area contributed by atoms with Crippen LogP contribution in [0.15, 0.2) is 18.2 Å². The van der Waals surface area contributed by atoms with Crippen LogP contribution in [0, 0.1) is 11.3 Å². The minimum Gasteiger partial charge on any atom is -0.197 e. The van der Waals surface area contributed by atoms with E-state index in [1.54, 1.807) is 6.07 Å². The van der Waals surface area contributed by atoms with E-state index in [4.69, 9.17) is 23.2 Å². The molecular weight excluding hydrogens is 229 g/mol. The Bertz CT molecular complexity index is 414. The van der Waals surface area contributed by atoms with Gasteiger partial charge < -0.3 is 0 Å². The summed E-state index contributed by atoms with van der Waals surface area (Å²) in [5, 5.41) is 10.4. The lowest BCUT2D eigenvalue weighted by atomic mass is 9.80. The molecule has 0 aliphatic heterocycles. The zero-order valence-corrected chi connectivity index (χ0v) is 9.78. The molecule has 1 aromatic carbocycles. The van der Waals surface area contributed by atoms with Gasteiger partial charge in [0.2, 0.25) is 0 Å². The van der Waals surface area contributed by atoms with Gasteiger partial charge in [-0.2, -0.15) is 5.26 Å². The van der Waals surface area contributed by atoms with Crippen LogP contribution in [-0.4, -0.2) is 0 Å².